The molecule has 0 aliphatic carbocycles. The Labute approximate surface area is 116 Å². The molecule has 106 valence electrons. The molecule has 0 saturated carbocycles. The lowest BCUT2D eigenvalue weighted by Gasteiger charge is -2.26. The summed E-state index contributed by atoms with van der Waals surface area (Å²) in [6.07, 6.45) is 0.291. The van der Waals surface area contributed by atoms with E-state index in [2.05, 4.69) is 0 Å². The lowest BCUT2D eigenvalue weighted by Crippen LogP contribution is -2.36. The van der Waals surface area contributed by atoms with E-state index in [1.807, 2.05) is 6.92 Å². The van der Waals surface area contributed by atoms with E-state index in [0.717, 1.165) is 17.2 Å². The summed E-state index contributed by atoms with van der Waals surface area (Å²) in [5.41, 5.74) is 7.14. The number of halogens is 3. The van der Waals surface area contributed by atoms with E-state index in [-0.39, 0.29) is 5.82 Å². The summed E-state index contributed by atoms with van der Waals surface area (Å²) in [6.45, 7) is 3.52. The molecule has 0 bridgehead atoms. The smallest absolute Gasteiger partial charge is 0.126 e. The molecule has 0 heterocycles. The van der Waals surface area contributed by atoms with Crippen LogP contribution in [0, 0.1) is 24.4 Å². The van der Waals surface area contributed by atoms with Crippen LogP contribution in [-0.4, -0.2) is 0 Å². The Kier molecular flexibility index (Phi) is 3.86. The van der Waals surface area contributed by atoms with Gasteiger partial charge in [-0.2, -0.15) is 0 Å². The maximum atomic E-state index is 13.3. The van der Waals surface area contributed by atoms with Crippen LogP contribution in [-0.2, 0) is 12.0 Å². The summed E-state index contributed by atoms with van der Waals surface area (Å²) in [7, 11) is 0. The Morgan fingerprint density at radius 2 is 1.55 bits per heavy atom. The monoisotopic (exact) mass is 279 g/mol. The van der Waals surface area contributed by atoms with Gasteiger partial charge < -0.3 is 5.73 Å². The maximum Gasteiger partial charge on any atom is 0.126 e. The molecule has 1 nitrogen and oxygen atoms in total. The predicted octanol–water partition coefficient (Wildman–Crippen LogP) is 3.83. The second kappa shape index (κ2) is 5.29. The summed E-state index contributed by atoms with van der Waals surface area (Å²) in [5.74, 6) is -1.70. The summed E-state index contributed by atoms with van der Waals surface area (Å²) in [4.78, 5) is 0. The molecule has 2 aromatic carbocycles. The van der Waals surface area contributed by atoms with E-state index in [0.29, 0.717) is 12.0 Å². The molecule has 1 unspecified atom stereocenters. The van der Waals surface area contributed by atoms with Crippen molar-refractivity contribution in [3.8, 4) is 0 Å². The van der Waals surface area contributed by atoms with Crippen molar-refractivity contribution >= 4 is 0 Å². The number of benzene rings is 2. The van der Waals surface area contributed by atoms with E-state index in [9.17, 15) is 13.2 Å². The SMILES string of the molecule is Cc1ccc(F)cc1CC(C)(N)c1cc(F)cc(F)c1. The molecular formula is C16H16F3N. The quantitative estimate of drug-likeness (QED) is 0.908. The van der Waals surface area contributed by atoms with Crippen LogP contribution in [0.15, 0.2) is 36.4 Å². The second-order valence-electron chi connectivity index (χ2n) is 5.32. The number of aryl methyl sites for hydroxylation is 1. The fourth-order valence-corrected chi connectivity index (χ4v) is 2.21. The van der Waals surface area contributed by atoms with E-state index < -0.39 is 17.2 Å². The Morgan fingerprint density at radius 1 is 0.950 bits per heavy atom. The highest BCUT2D eigenvalue weighted by atomic mass is 19.1. The van der Waals surface area contributed by atoms with Crippen LogP contribution in [0.5, 0.6) is 0 Å². The first-order chi connectivity index (χ1) is 9.28. The van der Waals surface area contributed by atoms with Gasteiger partial charge in [-0.15, -0.1) is 0 Å². The molecule has 2 rings (SSSR count). The topological polar surface area (TPSA) is 26.0 Å². The third kappa shape index (κ3) is 3.20. The molecule has 0 aromatic heterocycles. The first-order valence-electron chi connectivity index (χ1n) is 6.28. The van der Waals surface area contributed by atoms with Crippen LogP contribution < -0.4 is 5.73 Å². The second-order valence-corrected chi connectivity index (χ2v) is 5.32. The number of hydrogen-bond donors (Lipinski definition) is 1. The standard InChI is InChI=1S/C16H16F3N/c1-10-3-4-13(17)5-11(10)9-16(2,20)12-6-14(18)8-15(19)7-12/h3-8H,9,20H2,1-2H3. The average Bonchev–Trinajstić information content (AvgIpc) is 2.32. The van der Waals surface area contributed by atoms with Gasteiger partial charge in [-0.05, 0) is 61.2 Å². The van der Waals surface area contributed by atoms with Gasteiger partial charge in [0.1, 0.15) is 17.5 Å². The van der Waals surface area contributed by atoms with Crippen LogP contribution in [0.25, 0.3) is 0 Å². The highest BCUT2D eigenvalue weighted by Crippen LogP contribution is 2.26. The van der Waals surface area contributed by atoms with E-state index in [4.69, 9.17) is 5.73 Å². The Morgan fingerprint density at radius 3 is 2.15 bits per heavy atom. The van der Waals surface area contributed by atoms with Gasteiger partial charge in [0, 0.05) is 11.6 Å². The van der Waals surface area contributed by atoms with Gasteiger partial charge in [-0.3, -0.25) is 0 Å². The minimum atomic E-state index is -0.985. The van der Waals surface area contributed by atoms with Crippen LogP contribution in [0.1, 0.15) is 23.6 Å². The Balaban J connectivity index is 2.37. The van der Waals surface area contributed by atoms with Crippen LogP contribution in [0.2, 0.25) is 0 Å². The molecule has 20 heavy (non-hydrogen) atoms. The van der Waals surface area contributed by atoms with Gasteiger partial charge in [-0.1, -0.05) is 6.07 Å². The Bertz CT molecular complexity index is 615. The van der Waals surface area contributed by atoms with E-state index >= 15 is 0 Å². The fourth-order valence-electron chi connectivity index (χ4n) is 2.21. The number of nitrogens with two attached hydrogens (primary N) is 1. The van der Waals surface area contributed by atoms with Crippen molar-refractivity contribution in [2.24, 2.45) is 5.73 Å². The lowest BCUT2D eigenvalue weighted by molar-refractivity contribution is 0.476. The largest absolute Gasteiger partial charge is 0.321 e. The zero-order valence-corrected chi connectivity index (χ0v) is 11.4. The average molecular weight is 279 g/mol. The van der Waals surface area contributed by atoms with E-state index in [1.54, 1.807) is 13.0 Å². The molecule has 0 aliphatic heterocycles. The van der Waals surface area contributed by atoms with Gasteiger partial charge >= 0.3 is 0 Å². The third-order valence-corrected chi connectivity index (χ3v) is 3.39. The molecule has 4 heteroatoms. The van der Waals surface area contributed by atoms with Crippen molar-refractivity contribution in [2.45, 2.75) is 25.8 Å². The van der Waals surface area contributed by atoms with Gasteiger partial charge in [0.2, 0.25) is 0 Å². The van der Waals surface area contributed by atoms with Crippen molar-refractivity contribution in [1.29, 1.82) is 0 Å². The van der Waals surface area contributed by atoms with E-state index in [1.165, 1.54) is 24.3 Å². The normalized spacial score (nSPS) is 14.1. The zero-order valence-electron chi connectivity index (χ0n) is 11.4. The van der Waals surface area contributed by atoms with Gasteiger partial charge in [0.05, 0.1) is 0 Å². The first-order valence-corrected chi connectivity index (χ1v) is 6.28. The minimum absolute atomic E-state index is 0.291. The van der Waals surface area contributed by atoms with Crippen molar-refractivity contribution in [2.75, 3.05) is 0 Å². The molecule has 2 aromatic rings. The molecule has 0 spiro atoms. The summed E-state index contributed by atoms with van der Waals surface area (Å²) < 4.78 is 39.9. The minimum Gasteiger partial charge on any atom is -0.321 e. The van der Waals surface area contributed by atoms with Crippen molar-refractivity contribution in [3.63, 3.8) is 0 Å². The van der Waals surface area contributed by atoms with Gasteiger partial charge in [0.15, 0.2) is 0 Å². The highest BCUT2D eigenvalue weighted by Gasteiger charge is 2.24. The van der Waals surface area contributed by atoms with Gasteiger partial charge in [-0.25, -0.2) is 13.2 Å². The highest BCUT2D eigenvalue weighted by molar-refractivity contribution is 5.32. The Hall–Kier alpha value is -1.81. The van der Waals surface area contributed by atoms with Gasteiger partial charge in [0.25, 0.3) is 0 Å². The summed E-state index contributed by atoms with van der Waals surface area (Å²) in [5, 5.41) is 0. The van der Waals surface area contributed by atoms with Crippen LogP contribution in [0.4, 0.5) is 13.2 Å². The third-order valence-electron chi connectivity index (χ3n) is 3.39. The van der Waals surface area contributed by atoms with Crippen molar-refractivity contribution in [1.82, 2.24) is 0 Å². The van der Waals surface area contributed by atoms with Crippen molar-refractivity contribution < 1.29 is 13.2 Å². The molecule has 0 saturated heterocycles. The summed E-state index contributed by atoms with van der Waals surface area (Å²) >= 11 is 0. The predicted molar refractivity (Wildman–Crippen MR) is 72.7 cm³/mol. The molecule has 0 fully saturated rings. The maximum absolute atomic E-state index is 13.3. The molecule has 0 radical (unpaired) electrons. The number of rotatable bonds is 3. The lowest BCUT2D eigenvalue weighted by atomic mass is 9.85. The van der Waals surface area contributed by atoms with Crippen LogP contribution in [0.3, 0.4) is 0 Å². The molecule has 2 N–H and O–H groups in total. The van der Waals surface area contributed by atoms with Crippen molar-refractivity contribution in [3.05, 3.63) is 70.5 Å². The molecular weight excluding hydrogens is 263 g/mol. The summed E-state index contributed by atoms with van der Waals surface area (Å²) in [6, 6.07) is 7.64. The molecule has 1 atom stereocenters. The number of hydrogen-bond acceptors (Lipinski definition) is 1. The first kappa shape index (κ1) is 14.6. The zero-order chi connectivity index (χ0) is 14.9. The molecule has 0 aliphatic rings. The molecule has 0 amide bonds. The van der Waals surface area contributed by atoms with Crippen LogP contribution >= 0.6 is 0 Å². The fraction of sp³-hybridized carbons (Fsp3) is 0.250.